The molecule has 1 aliphatic heterocycles. The fourth-order valence-corrected chi connectivity index (χ4v) is 1.78. The second kappa shape index (κ2) is 7.17. The van der Waals surface area contributed by atoms with Gasteiger partial charge in [0.2, 0.25) is 5.91 Å². The summed E-state index contributed by atoms with van der Waals surface area (Å²) in [6, 6.07) is 8.24. The number of nitrogens with zero attached hydrogens (tertiary/aromatic N) is 2. The van der Waals surface area contributed by atoms with Gasteiger partial charge in [0, 0.05) is 18.5 Å². The zero-order valence-electron chi connectivity index (χ0n) is 12.3. The van der Waals surface area contributed by atoms with Crippen LogP contribution in [0.3, 0.4) is 0 Å². The first-order chi connectivity index (χ1) is 11.0. The Hall–Kier alpha value is -3.21. The molecule has 8 heteroatoms. The topological polar surface area (TPSA) is 121 Å². The van der Waals surface area contributed by atoms with Gasteiger partial charge in [-0.2, -0.15) is 10.4 Å². The highest BCUT2D eigenvalue weighted by atomic mass is 16.5. The maximum Gasteiger partial charge on any atom is 0.355 e. The van der Waals surface area contributed by atoms with Crippen LogP contribution in [0.1, 0.15) is 25.3 Å². The van der Waals surface area contributed by atoms with Crippen molar-refractivity contribution in [3.8, 4) is 6.07 Å². The molecule has 2 amide bonds. The van der Waals surface area contributed by atoms with E-state index < -0.39 is 18.0 Å². The number of nitriles is 1. The molecule has 1 heterocycles. The molecule has 0 fully saturated rings. The molecule has 2 rings (SSSR count). The maximum absolute atomic E-state index is 12.0. The highest BCUT2D eigenvalue weighted by molar-refractivity contribution is 6.37. The zero-order valence-corrected chi connectivity index (χ0v) is 12.3. The number of esters is 1. The van der Waals surface area contributed by atoms with Crippen LogP contribution in [0.2, 0.25) is 0 Å². The van der Waals surface area contributed by atoms with Crippen molar-refractivity contribution in [2.45, 2.75) is 25.9 Å². The van der Waals surface area contributed by atoms with Crippen molar-refractivity contribution in [1.29, 1.82) is 5.26 Å². The molecular weight excluding hydrogens is 300 g/mol. The van der Waals surface area contributed by atoms with Gasteiger partial charge in [-0.3, -0.25) is 9.59 Å². The molecule has 1 aromatic carbocycles. The highest BCUT2D eigenvalue weighted by Crippen LogP contribution is 2.10. The maximum atomic E-state index is 12.0. The van der Waals surface area contributed by atoms with E-state index >= 15 is 0 Å². The lowest BCUT2D eigenvalue weighted by molar-refractivity contribution is -0.146. The first kappa shape index (κ1) is 16.2. The van der Waals surface area contributed by atoms with Crippen molar-refractivity contribution in [2.24, 2.45) is 5.10 Å². The second-order valence-electron chi connectivity index (χ2n) is 4.82. The van der Waals surface area contributed by atoms with Crippen LogP contribution in [0.25, 0.3) is 0 Å². The summed E-state index contributed by atoms with van der Waals surface area (Å²) in [6.07, 6.45) is -0.701. The summed E-state index contributed by atoms with van der Waals surface area (Å²) >= 11 is 0. The number of benzene rings is 1. The molecule has 1 atom stereocenters. The molecule has 0 saturated carbocycles. The van der Waals surface area contributed by atoms with Crippen molar-refractivity contribution in [2.75, 3.05) is 5.32 Å². The number of hydrogen-bond donors (Lipinski definition) is 2. The van der Waals surface area contributed by atoms with Gasteiger partial charge in [-0.05, 0) is 31.2 Å². The van der Waals surface area contributed by atoms with E-state index in [1.807, 2.05) is 6.07 Å². The van der Waals surface area contributed by atoms with E-state index in [0.29, 0.717) is 11.3 Å². The van der Waals surface area contributed by atoms with E-state index in [1.54, 1.807) is 24.3 Å². The van der Waals surface area contributed by atoms with E-state index in [2.05, 4.69) is 15.8 Å². The van der Waals surface area contributed by atoms with E-state index in [4.69, 9.17) is 10.00 Å². The third-order valence-electron chi connectivity index (χ3n) is 3.07. The average molecular weight is 314 g/mol. The van der Waals surface area contributed by atoms with Gasteiger partial charge < -0.3 is 10.1 Å². The quantitative estimate of drug-likeness (QED) is 0.792. The smallest absolute Gasteiger partial charge is 0.355 e. The molecule has 8 nitrogen and oxygen atoms in total. The number of amides is 2. The van der Waals surface area contributed by atoms with Crippen LogP contribution in [0, 0.1) is 11.3 Å². The normalized spacial score (nSPS) is 14.8. The number of hydrazone groups is 1. The van der Waals surface area contributed by atoms with Crippen molar-refractivity contribution in [3.63, 3.8) is 0 Å². The minimum Gasteiger partial charge on any atom is -0.448 e. The summed E-state index contributed by atoms with van der Waals surface area (Å²) in [5, 5.41) is 14.9. The minimum absolute atomic E-state index is 0.0719. The lowest BCUT2D eigenvalue weighted by Gasteiger charge is -2.15. The number of carbonyl (C=O) groups excluding carboxylic acids is 3. The van der Waals surface area contributed by atoms with Crippen molar-refractivity contribution in [3.05, 3.63) is 29.8 Å². The molecule has 0 radical (unpaired) electrons. The number of anilines is 1. The summed E-state index contributed by atoms with van der Waals surface area (Å²) < 4.78 is 5.02. The Bertz CT molecular complexity index is 703. The predicted molar refractivity (Wildman–Crippen MR) is 80.2 cm³/mol. The van der Waals surface area contributed by atoms with Gasteiger partial charge in [0.05, 0.1) is 11.6 Å². The lowest BCUT2D eigenvalue weighted by Crippen LogP contribution is -2.35. The SMILES string of the molecule is C[C@H](OC(=O)C1=NNC(=O)CC1)C(=O)Nc1ccc(C#N)cc1. The van der Waals surface area contributed by atoms with E-state index in [9.17, 15) is 14.4 Å². The molecular formula is C15H14N4O4. The number of rotatable bonds is 4. The van der Waals surface area contributed by atoms with Crippen molar-refractivity contribution < 1.29 is 19.1 Å². The lowest BCUT2D eigenvalue weighted by atomic mass is 10.2. The van der Waals surface area contributed by atoms with Gasteiger partial charge in [-0.15, -0.1) is 0 Å². The summed E-state index contributed by atoms with van der Waals surface area (Å²) in [5.74, 6) is -1.52. The van der Waals surface area contributed by atoms with Crippen LogP contribution in [0.5, 0.6) is 0 Å². The third kappa shape index (κ3) is 4.38. The van der Waals surface area contributed by atoms with E-state index in [-0.39, 0.29) is 24.5 Å². The van der Waals surface area contributed by atoms with Gasteiger partial charge >= 0.3 is 5.97 Å². The van der Waals surface area contributed by atoms with Crippen LogP contribution in [0.4, 0.5) is 5.69 Å². The monoisotopic (exact) mass is 314 g/mol. The number of hydrogen-bond acceptors (Lipinski definition) is 6. The number of ether oxygens (including phenoxy) is 1. The van der Waals surface area contributed by atoms with Crippen LogP contribution in [-0.2, 0) is 19.1 Å². The fraction of sp³-hybridized carbons (Fsp3) is 0.267. The van der Waals surface area contributed by atoms with Crippen LogP contribution < -0.4 is 10.7 Å². The molecule has 0 aliphatic carbocycles. The summed E-state index contributed by atoms with van der Waals surface area (Å²) in [7, 11) is 0. The molecule has 1 aromatic rings. The molecule has 0 saturated heterocycles. The molecule has 118 valence electrons. The first-order valence-electron chi connectivity index (χ1n) is 6.87. The second-order valence-corrected chi connectivity index (χ2v) is 4.82. The molecule has 0 aromatic heterocycles. The Morgan fingerprint density at radius 3 is 2.61 bits per heavy atom. The van der Waals surface area contributed by atoms with E-state index in [0.717, 1.165) is 0 Å². The third-order valence-corrected chi connectivity index (χ3v) is 3.07. The zero-order chi connectivity index (χ0) is 16.8. The Labute approximate surface area is 132 Å². The number of carbonyl (C=O) groups is 3. The fourth-order valence-electron chi connectivity index (χ4n) is 1.78. The van der Waals surface area contributed by atoms with Gasteiger partial charge in [0.25, 0.3) is 5.91 Å². The summed E-state index contributed by atoms with van der Waals surface area (Å²) in [4.78, 5) is 34.8. The Morgan fingerprint density at radius 2 is 2.04 bits per heavy atom. The summed E-state index contributed by atoms with van der Waals surface area (Å²) in [5.41, 5.74) is 3.22. The predicted octanol–water partition coefficient (Wildman–Crippen LogP) is 0.694. The molecule has 0 bridgehead atoms. The molecule has 23 heavy (non-hydrogen) atoms. The molecule has 0 spiro atoms. The largest absolute Gasteiger partial charge is 0.448 e. The molecule has 1 aliphatic rings. The van der Waals surface area contributed by atoms with Gasteiger partial charge in [0.15, 0.2) is 6.10 Å². The van der Waals surface area contributed by atoms with Crippen LogP contribution >= 0.6 is 0 Å². The Morgan fingerprint density at radius 1 is 1.35 bits per heavy atom. The van der Waals surface area contributed by atoms with Crippen LogP contribution in [-0.4, -0.2) is 29.6 Å². The van der Waals surface area contributed by atoms with Gasteiger partial charge in [-0.25, -0.2) is 10.2 Å². The molecule has 0 unspecified atom stereocenters. The molecule has 2 N–H and O–H groups in total. The average Bonchev–Trinajstić information content (AvgIpc) is 2.56. The first-order valence-corrected chi connectivity index (χ1v) is 6.87. The van der Waals surface area contributed by atoms with E-state index in [1.165, 1.54) is 6.92 Å². The highest BCUT2D eigenvalue weighted by Gasteiger charge is 2.24. The van der Waals surface area contributed by atoms with Gasteiger partial charge in [0.1, 0.15) is 5.71 Å². The Balaban J connectivity index is 1.90. The van der Waals surface area contributed by atoms with Crippen molar-refractivity contribution >= 4 is 29.2 Å². The van der Waals surface area contributed by atoms with Crippen LogP contribution in [0.15, 0.2) is 29.4 Å². The summed E-state index contributed by atoms with van der Waals surface area (Å²) in [6.45, 7) is 1.43. The Kier molecular flexibility index (Phi) is 5.04. The van der Waals surface area contributed by atoms with Gasteiger partial charge in [-0.1, -0.05) is 0 Å². The minimum atomic E-state index is -1.03. The standard InChI is InChI=1S/C15H14N4O4/c1-9(23-15(22)12-6-7-13(20)19-18-12)14(21)17-11-4-2-10(8-16)3-5-11/h2-5,9H,6-7H2,1H3,(H,17,21)(H,19,20)/t9-/m0/s1. The van der Waals surface area contributed by atoms with Crippen molar-refractivity contribution in [1.82, 2.24) is 5.43 Å². The number of nitrogens with one attached hydrogen (secondary N) is 2.